The standard InChI is InChI=1S/C26H29ClN4O2/c1-33-23-10-8-22(9-11-23)28-13-16-30(17-14-28)25(32)19-31-18-15-29-12-2-3-24(29)26(31)20-4-6-21(27)7-5-20/h2-12,26H,13-19H2,1H3. The number of ether oxygens (including phenoxy) is 1. The van der Waals surface area contributed by atoms with Gasteiger partial charge in [-0.05, 0) is 54.1 Å². The van der Waals surface area contributed by atoms with E-state index in [1.54, 1.807) is 7.11 Å². The number of rotatable bonds is 5. The summed E-state index contributed by atoms with van der Waals surface area (Å²) in [4.78, 5) is 19.9. The number of carbonyl (C=O) groups excluding carboxylic acids is 1. The van der Waals surface area contributed by atoms with Gasteiger partial charge in [-0.25, -0.2) is 0 Å². The van der Waals surface area contributed by atoms with E-state index in [0.29, 0.717) is 6.54 Å². The molecule has 3 heterocycles. The maximum Gasteiger partial charge on any atom is 0.236 e. The van der Waals surface area contributed by atoms with Gasteiger partial charge in [-0.1, -0.05) is 23.7 Å². The quantitative estimate of drug-likeness (QED) is 0.574. The number of nitrogens with zero attached hydrogens (tertiary/aromatic N) is 4. The van der Waals surface area contributed by atoms with E-state index in [9.17, 15) is 4.79 Å². The Kier molecular flexibility index (Phi) is 6.29. The van der Waals surface area contributed by atoms with Gasteiger partial charge in [-0.15, -0.1) is 0 Å². The predicted molar refractivity (Wildman–Crippen MR) is 131 cm³/mol. The van der Waals surface area contributed by atoms with Crippen LogP contribution in [0.4, 0.5) is 5.69 Å². The molecule has 0 aliphatic carbocycles. The molecule has 3 aromatic rings. The Hall–Kier alpha value is -2.96. The summed E-state index contributed by atoms with van der Waals surface area (Å²) >= 11 is 6.13. The van der Waals surface area contributed by atoms with Crippen LogP contribution < -0.4 is 9.64 Å². The molecule has 1 amide bonds. The zero-order valence-electron chi connectivity index (χ0n) is 18.9. The second-order valence-corrected chi connectivity index (χ2v) is 9.05. The number of hydrogen-bond acceptors (Lipinski definition) is 4. The van der Waals surface area contributed by atoms with Gasteiger partial charge in [0.1, 0.15) is 5.75 Å². The summed E-state index contributed by atoms with van der Waals surface area (Å²) < 4.78 is 7.54. The molecule has 0 saturated carbocycles. The van der Waals surface area contributed by atoms with Crippen molar-refractivity contribution in [3.63, 3.8) is 0 Å². The van der Waals surface area contributed by atoms with Crippen LogP contribution in [0, 0.1) is 0 Å². The van der Waals surface area contributed by atoms with Gasteiger partial charge in [0.25, 0.3) is 0 Å². The largest absolute Gasteiger partial charge is 0.497 e. The molecule has 2 aromatic carbocycles. The molecule has 0 bridgehead atoms. The lowest BCUT2D eigenvalue weighted by atomic mass is 10.00. The van der Waals surface area contributed by atoms with Gasteiger partial charge < -0.3 is 19.1 Å². The molecule has 2 aliphatic heterocycles. The molecular formula is C26H29ClN4O2. The van der Waals surface area contributed by atoms with E-state index in [1.165, 1.54) is 11.4 Å². The first-order valence-electron chi connectivity index (χ1n) is 11.4. The molecular weight excluding hydrogens is 436 g/mol. The van der Waals surface area contributed by atoms with E-state index >= 15 is 0 Å². The van der Waals surface area contributed by atoms with Crippen molar-refractivity contribution in [2.75, 3.05) is 51.3 Å². The van der Waals surface area contributed by atoms with E-state index in [1.807, 2.05) is 29.2 Å². The summed E-state index contributed by atoms with van der Waals surface area (Å²) in [5.74, 6) is 1.05. The van der Waals surface area contributed by atoms with Crippen molar-refractivity contribution in [2.24, 2.45) is 0 Å². The molecule has 1 fully saturated rings. The highest BCUT2D eigenvalue weighted by molar-refractivity contribution is 6.30. The Morgan fingerprint density at radius 3 is 2.36 bits per heavy atom. The minimum atomic E-state index is 0.0514. The third-order valence-electron chi connectivity index (χ3n) is 6.73. The van der Waals surface area contributed by atoms with E-state index in [2.05, 4.69) is 57.0 Å². The van der Waals surface area contributed by atoms with Crippen LogP contribution >= 0.6 is 11.6 Å². The Morgan fingerprint density at radius 1 is 0.939 bits per heavy atom. The molecule has 7 heteroatoms. The number of hydrogen-bond donors (Lipinski definition) is 0. The first-order chi connectivity index (χ1) is 16.1. The zero-order valence-corrected chi connectivity index (χ0v) is 19.6. The maximum absolute atomic E-state index is 13.3. The van der Waals surface area contributed by atoms with Crippen LogP contribution in [-0.2, 0) is 11.3 Å². The molecule has 172 valence electrons. The van der Waals surface area contributed by atoms with Gasteiger partial charge >= 0.3 is 0 Å². The summed E-state index contributed by atoms with van der Waals surface area (Å²) in [6.45, 7) is 5.29. The van der Waals surface area contributed by atoms with Gasteiger partial charge in [0.05, 0.1) is 19.7 Å². The van der Waals surface area contributed by atoms with E-state index in [0.717, 1.165) is 55.6 Å². The normalized spacial score (nSPS) is 18.8. The van der Waals surface area contributed by atoms with Gasteiger partial charge in [-0.2, -0.15) is 0 Å². The topological polar surface area (TPSA) is 41.0 Å². The number of amides is 1. The minimum absolute atomic E-state index is 0.0514. The summed E-state index contributed by atoms with van der Waals surface area (Å²) in [7, 11) is 1.68. The van der Waals surface area contributed by atoms with Crippen LogP contribution in [0.2, 0.25) is 5.02 Å². The molecule has 0 spiro atoms. The van der Waals surface area contributed by atoms with Crippen LogP contribution in [0.25, 0.3) is 0 Å². The Morgan fingerprint density at radius 2 is 1.67 bits per heavy atom. The molecule has 2 aliphatic rings. The first kappa shape index (κ1) is 21.9. The Balaban J connectivity index is 1.25. The third kappa shape index (κ3) is 4.59. The number of piperazine rings is 1. The van der Waals surface area contributed by atoms with E-state index < -0.39 is 0 Å². The molecule has 0 radical (unpaired) electrons. The lowest BCUT2D eigenvalue weighted by Gasteiger charge is -2.40. The van der Waals surface area contributed by atoms with Crippen molar-refractivity contribution in [3.05, 3.63) is 83.1 Å². The Bertz CT molecular complexity index is 1090. The number of carbonyl (C=O) groups is 1. The fourth-order valence-electron chi connectivity index (χ4n) is 4.91. The zero-order chi connectivity index (χ0) is 22.8. The molecule has 1 aromatic heterocycles. The monoisotopic (exact) mass is 464 g/mol. The average Bonchev–Trinajstić information content (AvgIpc) is 3.34. The van der Waals surface area contributed by atoms with Crippen molar-refractivity contribution >= 4 is 23.2 Å². The van der Waals surface area contributed by atoms with Crippen molar-refractivity contribution in [2.45, 2.75) is 12.6 Å². The summed E-state index contributed by atoms with van der Waals surface area (Å²) in [6, 6.07) is 20.4. The minimum Gasteiger partial charge on any atom is -0.497 e. The van der Waals surface area contributed by atoms with Gasteiger partial charge in [0.15, 0.2) is 0 Å². The molecule has 0 N–H and O–H groups in total. The third-order valence-corrected chi connectivity index (χ3v) is 6.98. The van der Waals surface area contributed by atoms with Crippen molar-refractivity contribution in [1.82, 2.24) is 14.4 Å². The van der Waals surface area contributed by atoms with Gasteiger partial charge in [0.2, 0.25) is 5.91 Å². The average molecular weight is 465 g/mol. The predicted octanol–water partition coefficient (Wildman–Crippen LogP) is 3.90. The second kappa shape index (κ2) is 9.49. The smallest absolute Gasteiger partial charge is 0.236 e. The Labute approximate surface area is 199 Å². The lowest BCUT2D eigenvalue weighted by Crippen LogP contribution is -2.52. The number of aromatic nitrogens is 1. The fourth-order valence-corrected chi connectivity index (χ4v) is 5.04. The SMILES string of the molecule is COc1ccc(N2CCN(C(=O)CN3CCn4cccc4C3c3ccc(Cl)cc3)CC2)cc1. The summed E-state index contributed by atoms with van der Waals surface area (Å²) in [5, 5.41) is 0.724. The number of fused-ring (bicyclic) bond motifs is 1. The summed E-state index contributed by atoms with van der Waals surface area (Å²) in [5.41, 5.74) is 3.55. The first-order valence-corrected chi connectivity index (χ1v) is 11.8. The number of anilines is 1. The number of methoxy groups -OCH3 is 1. The lowest BCUT2D eigenvalue weighted by molar-refractivity contribution is -0.133. The fraction of sp³-hybridized carbons (Fsp3) is 0.346. The molecule has 1 atom stereocenters. The highest BCUT2D eigenvalue weighted by atomic mass is 35.5. The van der Waals surface area contributed by atoms with Crippen LogP contribution in [0.15, 0.2) is 66.9 Å². The van der Waals surface area contributed by atoms with Crippen LogP contribution in [0.3, 0.4) is 0 Å². The van der Waals surface area contributed by atoms with Crippen LogP contribution in [0.1, 0.15) is 17.3 Å². The van der Waals surface area contributed by atoms with Gasteiger partial charge in [-0.3, -0.25) is 9.69 Å². The van der Waals surface area contributed by atoms with Crippen LogP contribution in [0.5, 0.6) is 5.75 Å². The van der Waals surface area contributed by atoms with Crippen molar-refractivity contribution in [1.29, 1.82) is 0 Å². The molecule has 5 rings (SSSR count). The molecule has 1 unspecified atom stereocenters. The van der Waals surface area contributed by atoms with Crippen LogP contribution in [-0.4, -0.2) is 66.7 Å². The highest BCUT2D eigenvalue weighted by Gasteiger charge is 2.32. The van der Waals surface area contributed by atoms with Crippen molar-refractivity contribution < 1.29 is 9.53 Å². The number of benzene rings is 2. The highest BCUT2D eigenvalue weighted by Crippen LogP contribution is 2.33. The molecule has 33 heavy (non-hydrogen) atoms. The van der Waals surface area contributed by atoms with Gasteiger partial charge in [0, 0.05) is 61.9 Å². The van der Waals surface area contributed by atoms with E-state index in [4.69, 9.17) is 16.3 Å². The number of halogens is 1. The van der Waals surface area contributed by atoms with E-state index in [-0.39, 0.29) is 11.9 Å². The molecule has 1 saturated heterocycles. The van der Waals surface area contributed by atoms with Crippen molar-refractivity contribution in [3.8, 4) is 5.75 Å². The maximum atomic E-state index is 13.3. The summed E-state index contributed by atoms with van der Waals surface area (Å²) in [6.07, 6.45) is 2.12. The second-order valence-electron chi connectivity index (χ2n) is 8.62. The molecule has 6 nitrogen and oxygen atoms in total.